The number of carbonyl (C=O) groups is 1. The molecule has 3 rings (SSSR count). The van der Waals surface area contributed by atoms with Gasteiger partial charge in [-0.2, -0.15) is 0 Å². The maximum atomic E-state index is 12.5. The number of nitrogen functional groups attached to an aromatic ring is 1. The Morgan fingerprint density at radius 1 is 1.52 bits per heavy atom. The van der Waals surface area contributed by atoms with Gasteiger partial charge in [-0.25, -0.2) is 4.98 Å². The molecule has 2 aliphatic heterocycles. The Morgan fingerprint density at radius 2 is 2.24 bits per heavy atom. The molecular formula is C18H29N3O3S. The quantitative estimate of drug-likeness (QED) is 0.852. The van der Waals surface area contributed by atoms with Crippen LogP contribution in [0.5, 0.6) is 0 Å². The molecule has 2 fully saturated rings. The Hall–Kier alpha value is -1.18. The van der Waals surface area contributed by atoms with Crippen molar-refractivity contribution in [2.75, 3.05) is 18.8 Å². The first-order valence-corrected chi connectivity index (χ1v) is 10.1. The summed E-state index contributed by atoms with van der Waals surface area (Å²) in [7, 11) is 0. The van der Waals surface area contributed by atoms with Crippen LogP contribution >= 0.6 is 11.3 Å². The number of nitrogens with zero attached hydrogens (tertiary/aromatic N) is 2. The van der Waals surface area contributed by atoms with Crippen LogP contribution in [0.2, 0.25) is 0 Å². The Morgan fingerprint density at radius 3 is 2.84 bits per heavy atom. The molecule has 2 atom stereocenters. The summed E-state index contributed by atoms with van der Waals surface area (Å²) in [6, 6.07) is 0. The molecule has 140 valence electrons. The number of piperidine rings is 1. The lowest BCUT2D eigenvalue weighted by molar-refractivity contribution is -0.193. The van der Waals surface area contributed by atoms with Crippen molar-refractivity contribution in [1.82, 2.24) is 9.88 Å². The second-order valence-corrected chi connectivity index (χ2v) is 8.62. The molecule has 0 bridgehead atoms. The number of aromatic nitrogens is 1. The third-order valence-corrected chi connectivity index (χ3v) is 6.17. The fourth-order valence-electron chi connectivity index (χ4n) is 3.92. The topological polar surface area (TPSA) is 88.7 Å². The minimum atomic E-state index is -0.293. The van der Waals surface area contributed by atoms with Gasteiger partial charge >= 0.3 is 0 Å². The maximum absolute atomic E-state index is 12.5. The smallest absolute Gasteiger partial charge is 0.222 e. The molecule has 2 saturated heterocycles. The van der Waals surface area contributed by atoms with Gasteiger partial charge in [0.15, 0.2) is 5.13 Å². The van der Waals surface area contributed by atoms with Gasteiger partial charge in [0.25, 0.3) is 0 Å². The number of anilines is 1. The Balaban J connectivity index is 1.51. The number of nitrogens with two attached hydrogens (primary N) is 1. The predicted molar refractivity (Wildman–Crippen MR) is 98.3 cm³/mol. The van der Waals surface area contributed by atoms with Crippen molar-refractivity contribution in [3.63, 3.8) is 0 Å². The van der Waals surface area contributed by atoms with Crippen molar-refractivity contribution in [2.24, 2.45) is 5.92 Å². The molecule has 0 aliphatic carbocycles. The highest BCUT2D eigenvalue weighted by atomic mass is 32.1. The standard InChI is InChI=1S/C18H29N3O3S/c1-12(2)15-9-14(22)10-18(24-15)5-7-21(8-6-18)16(23)4-3-13-11-25-17(19)20-13/h11-12,14-15,22H,3-10H2,1-2H3,(H2,19,20)/t14-,15-/m1/s1. The van der Waals surface area contributed by atoms with Gasteiger partial charge in [-0.15, -0.1) is 11.3 Å². The lowest BCUT2D eigenvalue weighted by atomic mass is 9.80. The number of ether oxygens (including phenoxy) is 1. The molecule has 6 nitrogen and oxygen atoms in total. The highest BCUT2D eigenvalue weighted by Gasteiger charge is 2.44. The summed E-state index contributed by atoms with van der Waals surface area (Å²) in [6.07, 6.45) is 3.95. The molecule has 0 saturated carbocycles. The van der Waals surface area contributed by atoms with Crippen LogP contribution in [-0.2, 0) is 16.0 Å². The number of hydrogen-bond acceptors (Lipinski definition) is 6. The van der Waals surface area contributed by atoms with Crippen molar-refractivity contribution >= 4 is 22.4 Å². The van der Waals surface area contributed by atoms with Gasteiger partial charge in [-0.3, -0.25) is 4.79 Å². The number of hydrogen-bond donors (Lipinski definition) is 2. The van der Waals surface area contributed by atoms with Gasteiger partial charge in [0.1, 0.15) is 0 Å². The molecule has 3 N–H and O–H groups in total. The second-order valence-electron chi connectivity index (χ2n) is 7.73. The molecule has 1 amide bonds. The SMILES string of the molecule is CC(C)[C@H]1C[C@@H](O)CC2(CCN(C(=O)CCc3csc(N)n3)CC2)O1. The van der Waals surface area contributed by atoms with E-state index in [1.54, 1.807) is 0 Å². The van der Waals surface area contributed by atoms with Crippen LogP contribution in [0.4, 0.5) is 5.13 Å². The van der Waals surface area contributed by atoms with Crippen LogP contribution in [0.15, 0.2) is 5.38 Å². The largest absolute Gasteiger partial charge is 0.393 e. The summed E-state index contributed by atoms with van der Waals surface area (Å²) >= 11 is 1.41. The molecular weight excluding hydrogens is 338 g/mol. The highest BCUT2D eigenvalue weighted by molar-refractivity contribution is 7.13. The molecule has 1 aromatic rings. The molecule has 0 aromatic carbocycles. The van der Waals surface area contributed by atoms with Crippen LogP contribution in [0.25, 0.3) is 0 Å². The molecule has 2 aliphatic rings. The fraction of sp³-hybridized carbons (Fsp3) is 0.778. The maximum Gasteiger partial charge on any atom is 0.222 e. The summed E-state index contributed by atoms with van der Waals surface area (Å²) in [5, 5.41) is 12.7. The molecule has 0 unspecified atom stereocenters. The Labute approximate surface area is 153 Å². The third-order valence-electron chi connectivity index (χ3n) is 5.45. The number of aliphatic hydroxyl groups is 1. The lowest BCUT2D eigenvalue weighted by Crippen LogP contribution is -2.54. The van der Waals surface area contributed by atoms with E-state index in [1.165, 1.54) is 11.3 Å². The first-order valence-electron chi connectivity index (χ1n) is 9.20. The number of carbonyl (C=O) groups excluding carboxylic acids is 1. The van der Waals surface area contributed by atoms with E-state index >= 15 is 0 Å². The average molecular weight is 368 g/mol. The minimum Gasteiger partial charge on any atom is -0.393 e. The monoisotopic (exact) mass is 367 g/mol. The van der Waals surface area contributed by atoms with Gasteiger partial charge in [0.2, 0.25) is 5.91 Å². The van der Waals surface area contributed by atoms with Gasteiger partial charge < -0.3 is 20.5 Å². The number of aryl methyl sites for hydroxylation is 1. The predicted octanol–water partition coefficient (Wildman–Crippen LogP) is 2.21. The second kappa shape index (κ2) is 7.60. The van der Waals surface area contributed by atoms with Crippen LogP contribution in [0, 0.1) is 5.92 Å². The molecule has 3 heterocycles. The summed E-state index contributed by atoms with van der Waals surface area (Å²) in [4.78, 5) is 18.6. The lowest BCUT2D eigenvalue weighted by Gasteiger charge is -2.48. The summed E-state index contributed by atoms with van der Waals surface area (Å²) in [6.45, 7) is 5.69. The summed E-state index contributed by atoms with van der Waals surface area (Å²) in [5.74, 6) is 0.565. The van der Waals surface area contributed by atoms with E-state index in [2.05, 4.69) is 18.8 Å². The van der Waals surface area contributed by atoms with E-state index in [-0.39, 0.29) is 23.7 Å². The normalized spacial score (nSPS) is 26.3. The zero-order valence-electron chi connectivity index (χ0n) is 15.1. The van der Waals surface area contributed by atoms with Gasteiger partial charge in [0.05, 0.1) is 23.5 Å². The van der Waals surface area contributed by atoms with E-state index in [0.717, 1.165) is 25.0 Å². The number of likely N-dealkylation sites (tertiary alicyclic amines) is 1. The van der Waals surface area contributed by atoms with Crippen molar-refractivity contribution in [1.29, 1.82) is 0 Å². The zero-order valence-corrected chi connectivity index (χ0v) is 15.9. The van der Waals surface area contributed by atoms with Crippen LogP contribution in [0.1, 0.15) is 51.6 Å². The molecule has 0 radical (unpaired) electrons. The Bertz CT molecular complexity index is 596. The first kappa shape index (κ1) is 18.6. The number of amides is 1. The van der Waals surface area contributed by atoms with Crippen LogP contribution < -0.4 is 5.73 Å². The van der Waals surface area contributed by atoms with Crippen LogP contribution in [-0.4, -0.2) is 51.8 Å². The molecule has 25 heavy (non-hydrogen) atoms. The summed E-state index contributed by atoms with van der Waals surface area (Å²) in [5.41, 5.74) is 6.26. The first-order chi connectivity index (χ1) is 11.9. The fourth-order valence-corrected chi connectivity index (χ4v) is 4.52. The number of aliphatic hydroxyl groups excluding tert-OH is 1. The van der Waals surface area contributed by atoms with Gasteiger partial charge in [-0.05, 0) is 31.6 Å². The molecule has 1 aromatic heterocycles. The van der Waals surface area contributed by atoms with Crippen molar-refractivity contribution < 1.29 is 14.6 Å². The Kier molecular flexibility index (Phi) is 5.65. The van der Waals surface area contributed by atoms with Crippen LogP contribution in [0.3, 0.4) is 0 Å². The molecule has 7 heteroatoms. The van der Waals surface area contributed by atoms with Crippen molar-refractivity contribution in [3.8, 4) is 0 Å². The van der Waals surface area contributed by atoms with Gasteiger partial charge in [-0.1, -0.05) is 13.8 Å². The van der Waals surface area contributed by atoms with Gasteiger partial charge in [0, 0.05) is 31.3 Å². The van der Waals surface area contributed by atoms with E-state index < -0.39 is 0 Å². The van der Waals surface area contributed by atoms with E-state index in [9.17, 15) is 9.90 Å². The zero-order chi connectivity index (χ0) is 18.0. The minimum absolute atomic E-state index is 0.112. The van der Waals surface area contributed by atoms with E-state index in [4.69, 9.17) is 10.5 Å². The molecule has 1 spiro atoms. The third kappa shape index (κ3) is 4.51. The van der Waals surface area contributed by atoms with Crippen molar-refractivity contribution in [2.45, 2.75) is 70.2 Å². The van der Waals surface area contributed by atoms with Crippen molar-refractivity contribution in [3.05, 3.63) is 11.1 Å². The average Bonchev–Trinajstić information content (AvgIpc) is 2.98. The summed E-state index contributed by atoms with van der Waals surface area (Å²) < 4.78 is 6.39. The van der Waals surface area contributed by atoms with E-state index in [1.807, 2.05) is 10.3 Å². The number of rotatable bonds is 4. The number of thiazole rings is 1. The van der Waals surface area contributed by atoms with E-state index in [0.29, 0.717) is 43.4 Å². The highest BCUT2D eigenvalue weighted by Crippen LogP contribution is 2.39.